The summed E-state index contributed by atoms with van der Waals surface area (Å²) in [4.78, 5) is 22.1. The van der Waals surface area contributed by atoms with E-state index in [-0.39, 0.29) is 18.0 Å². The van der Waals surface area contributed by atoms with E-state index in [0.29, 0.717) is 28.1 Å². The Labute approximate surface area is 162 Å². The third-order valence-corrected chi connectivity index (χ3v) is 4.55. The van der Waals surface area contributed by atoms with E-state index in [1.807, 2.05) is 45.0 Å². The lowest BCUT2D eigenvalue weighted by Gasteiger charge is -2.14. The first-order chi connectivity index (χ1) is 13.5. The Balaban J connectivity index is 1.77. The number of nitrogens with one attached hydrogen (secondary N) is 1. The Hall–Kier alpha value is -3.48. The van der Waals surface area contributed by atoms with Crippen molar-refractivity contribution in [3.8, 4) is 11.5 Å². The molecule has 7 heteroatoms. The van der Waals surface area contributed by atoms with Crippen LogP contribution in [0.4, 0.5) is 0 Å². The molecule has 0 aromatic carbocycles. The van der Waals surface area contributed by atoms with E-state index in [4.69, 9.17) is 9.40 Å². The standard InChI is InChI=1S/C21H21N5O2/c1-13(2)26-20-16(12-23-26)15(11-18(25-20)19-8-6-10-28-19)21(27)24-14(3)17-7-4-5-9-22-17/h4-14H,1-3H3,(H,24,27). The van der Waals surface area contributed by atoms with E-state index in [1.54, 1.807) is 35.5 Å². The average Bonchev–Trinajstić information content (AvgIpc) is 3.37. The maximum atomic E-state index is 13.1. The molecular formula is C21H21N5O2. The Morgan fingerprint density at radius 3 is 2.71 bits per heavy atom. The smallest absolute Gasteiger partial charge is 0.252 e. The number of carbonyl (C=O) groups excluding carboxylic acids is 1. The van der Waals surface area contributed by atoms with E-state index in [2.05, 4.69) is 15.4 Å². The molecule has 0 aliphatic heterocycles. The number of hydrogen-bond acceptors (Lipinski definition) is 5. The van der Waals surface area contributed by atoms with Crippen LogP contribution in [0.3, 0.4) is 0 Å². The third kappa shape index (κ3) is 3.26. The number of amides is 1. The molecule has 0 saturated carbocycles. The highest BCUT2D eigenvalue weighted by molar-refractivity contribution is 6.06. The van der Waals surface area contributed by atoms with Gasteiger partial charge in [0, 0.05) is 12.2 Å². The van der Waals surface area contributed by atoms with Crippen LogP contribution in [-0.4, -0.2) is 25.7 Å². The van der Waals surface area contributed by atoms with Gasteiger partial charge in [-0.1, -0.05) is 6.07 Å². The van der Waals surface area contributed by atoms with Crippen LogP contribution >= 0.6 is 0 Å². The van der Waals surface area contributed by atoms with Crippen LogP contribution in [0.1, 0.15) is 48.9 Å². The van der Waals surface area contributed by atoms with E-state index in [0.717, 1.165) is 5.69 Å². The average molecular weight is 375 g/mol. The maximum Gasteiger partial charge on any atom is 0.252 e. The first kappa shape index (κ1) is 17.9. The second-order valence-corrected chi connectivity index (χ2v) is 6.90. The zero-order valence-electron chi connectivity index (χ0n) is 16.0. The number of aromatic nitrogens is 4. The molecule has 4 aromatic heterocycles. The Kier molecular flexibility index (Phi) is 4.65. The number of nitrogens with zero attached hydrogens (tertiary/aromatic N) is 4. The summed E-state index contributed by atoms with van der Waals surface area (Å²) in [5, 5.41) is 8.15. The number of carbonyl (C=O) groups is 1. The van der Waals surface area contributed by atoms with Crippen molar-refractivity contribution in [1.29, 1.82) is 0 Å². The lowest BCUT2D eigenvalue weighted by atomic mass is 10.1. The quantitative estimate of drug-likeness (QED) is 0.566. The predicted octanol–water partition coefficient (Wildman–Crippen LogP) is 4.16. The molecule has 7 nitrogen and oxygen atoms in total. The highest BCUT2D eigenvalue weighted by Gasteiger charge is 2.21. The van der Waals surface area contributed by atoms with E-state index in [1.165, 1.54) is 0 Å². The molecule has 1 unspecified atom stereocenters. The van der Waals surface area contributed by atoms with Crippen molar-refractivity contribution in [1.82, 2.24) is 25.1 Å². The molecule has 0 radical (unpaired) electrons. The van der Waals surface area contributed by atoms with Crippen molar-refractivity contribution in [2.75, 3.05) is 0 Å². The molecule has 1 amide bonds. The summed E-state index contributed by atoms with van der Waals surface area (Å²) >= 11 is 0. The molecule has 0 fully saturated rings. The molecule has 0 aliphatic rings. The van der Waals surface area contributed by atoms with Gasteiger partial charge in [0.05, 0.1) is 35.1 Å². The summed E-state index contributed by atoms with van der Waals surface area (Å²) in [6.45, 7) is 5.96. The fraction of sp³-hybridized carbons (Fsp3) is 0.238. The van der Waals surface area contributed by atoms with Crippen LogP contribution in [-0.2, 0) is 0 Å². The Bertz CT molecular complexity index is 1100. The van der Waals surface area contributed by atoms with Crippen molar-refractivity contribution < 1.29 is 9.21 Å². The minimum Gasteiger partial charge on any atom is -0.463 e. The molecular weight excluding hydrogens is 354 g/mol. The minimum absolute atomic E-state index is 0.111. The van der Waals surface area contributed by atoms with Crippen LogP contribution in [0.15, 0.2) is 59.5 Å². The van der Waals surface area contributed by atoms with Crippen LogP contribution in [0.2, 0.25) is 0 Å². The second kappa shape index (κ2) is 7.26. The van der Waals surface area contributed by atoms with Crippen LogP contribution in [0, 0.1) is 0 Å². The summed E-state index contributed by atoms with van der Waals surface area (Å²) < 4.78 is 7.30. The van der Waals surface area contributed by atoms with Gasteiger partial charge in [0.15, 0.2) is 11.4 Å². The number of hydrogen-bond donors (Lipinski definition) is 1. The molecule has 0 saturated heterocycles. The highest BCUT2D eigenvalue weighted by atomic mass is 16.3. The van der Waals surface area contributed by atoms with Crippen molar-refractivity contribution in [2.24, 2.45) is 0 Å². The molecule has 28 heavy (non-hydrogen) atoms. The zero-order chi connectivity index (χ0) is 19.7. The topological polar surface area (TPSA) is 85.8 Å². The Morgan fingerprint density at radius 1 is 1.18 bits per heavy atom. The SMILES string of the molecule is CC(NC(=O)c1cc(-c2ccco2)nc2c1cnn2C(C)C)c1ccccn1. The van der Waals surface area contributed by atoms with Crippen LogP contribution < -0.4 is 5.32 Å². The molecule has 4 heterocycles. The highest BCUT2D eigenvalue weighted by Crippen LogP contribution is 2.27. The van der Waals surface area contributed by atoms with Crippen molar-refractivity contribution in [2.45, 2.75) is 32.9 Å². The molecule has 4 aromatic rings. The van der Waals surface area contributed by atoms with Crippen molar-refractivity contribution >= 4 is 16.9 Å². The monoisotopic (exact) mass is 375 g/mol. The summed E-state index contributed by atoms with van der Waals surface area (Å²) in [7, 11) is 0. The van der Waals surface area contributed by atoms with E-state index in [9.17, 15) is 4.79 Å². The first-order valence-corrected chi connectivity index (χ1v) is 9.18. The molecule has 142 valence electrons. The lowest BCUT2D eigenvalue weighted by Crippen LogP contribution is -2.27. The second-order valence-electron chi connectivity index (χ2n) is 6.90. The predicted molar refractivity (Wildman–Crippen MR) is 106 cm³/mol. The fourth-order valence-electron chi connectivity index (χ4n) is 3.11. The summed E-state index contributed by atoms with van der Waals surface area (Å²) in [5.74, 6) is 0.395. The number of furan rings is 1. The van der Waals surface area contributed by atoms with Crippen molar-refractivity contribution in [3.05, 3.63) is 66.3 Å². The van der Waals surface area contributed by atoms with Crippen LogP contribution in [0.5, 0.6) is 0 Å². The number of pyridine rings is 2. The van der Waals surface area contributed by atoms with Crippen molar-refractivity contribution in [3.63, 3.8) is 0 Å². The largest absolute Gasteiger partial charge is 0.463 e. The Morgan fingerprint density at radius 2 is 2.04 bits per heavy atom. The van der Waals surface area contributed by atoms with Gasteiger partial charge in [-0.2, -0.15) is 5.10 Å². The van der Waals surface area contributed by atoms with E-state index >= 15 is 0 Å². The normalized spacial score (nSPS) is 12.4. The number of fused-ring (bicyclic) bond motifs is 1. The summed E-state index contributed by atoms with van der Waals surface area (Å²) in [6.07, 6.45) is 4.99. The number of rotatable bonds is 5. The third-order valence-electron chi connectivity index (χ3n) is 4.55. The summed E-state index contributed by atoms with van der Waals surface area (Å²) in [5.41, 5.74) is 2.55. The maximum absolute atomic E-state index is 13.1. The van der Waals surface area contributed by atoms with Gasteiger partial charge >= 0.3 is 0 Å². The lowest BCUT2D eigenvalue weighted by molar-refractivity contribution is 0.0940. The van der Waals surface area contributed by atoms with E-state index < -0.39 is 0 Å². The molecule has 1 atom stereocenters. The van der Waals surface area contributed by atoms with Gasteiger partial charge < -0.3 is 9.73 Å². The zero-order valence-corrected chi connectivity index (χ0v) is 16.0. The van der Waals surface area contributed by atoms with Gasteiger partial charge in [0.2, 0.25) is 0 Å². The molecule has 0 aliphatic carbocycles. The molecule has 1 N–H and O–H groups in total. The van der Waals surface area contributed by atoms with Gasteiger partial charge in [-0.3, -0.25) is 9.78 Å². The minimum atomic E-state index is -0.232. The molecule has 4 rings (SSSR count). The molecule has 0 spiro atoms. The van der Waals surface area contributed by atoms with Gasteiger partial charge in [-0.05, 0) is 51.1 Å². The van der Waals surface area contributed by atoms with Gasteiger partial charge in [-0.25, -0.2) is 9.67 Å². The van der Waals surface area contributed by atoms with Crippen LogP contribution in [0.25, 0.3) is 22.5 Å². The molecule has 0 bridgehead atoms. The fourth-order valence-corrected chi connectivity index (χ4v) is 3.11. The summed E-state index contributed by atoms with van der Waals surface area (Å²) in [6, 6.07) is 10.9. The van der Waals surface area contributed by atoms with Gasteiger partial charge in [-0.15, -0.1) is 0 Å². The first-order valence-electron chi connectivity index (χ1n) is 9.18. The van der Waals surface area contributed by atoms with Gasteiger partial charge in [0.25, 0.3) is 5.91 Å². The van der Waals surface area contributed by atoms with Gasteiger partial charge in [0.1, 0.15) is 5.69 Å².